The Bertz CT molecular complexity index is 418. The first kappa shape index (κ1) is 9.81. The van der Waals surface area contributed by atoms with Crippen LogP contribution in [0.3, 0.4) is 0 Å². The van der Waals surface area contributed by atoms with Gasteiger partial charge < -0.3 is 10.5 Å². The number of ether oxygens (including phenoxy) is 1. The van der Waals surface area contributed by atoms with Crippen LogP contribution in [0, 0.1) is 12.3 Å². The lowest BCUT2D eigenvalue weighted by Gasteiger charge is -2.04. The average molecular weight is 189 g/mol. The summed E-state index contributed by atoms with van der Waals surface area (Å²) >= 11 is 0. The standard InChI is InChI=1S/C10H7NO3/c1-2-7-8(10(11)13)4-3-5-9(7)14-6-12/h1,3-6H,(H2,11,13). The monoisotopic (exact) mass is 189 g/mol. The average Bonchev–Trinajstić information content (AvgIpc) is 2.18. The molecule has 0 atom stereocenters. The van der Waals surface area contributed by atoms with E-state index >= 15 is 0 Å². The van der Waals surface area contributed by atoms with Crippen molar-refractivity contribution in [2.45, 2.75) is 0 Å². The van der Waals surface area contributed by atoms with Gasteiger partial charge in [0.25, 0.3) is 6.47 Å². The summed E-state index contributed by atoms with van der Waals surface area (Å²) in [7, 11) is 0. The highest BCUT2D eigenvalue weighted by Gasteiger charge is 2.11. The number of carbonyl (C=O) groups is 2. The lowest BCUT2D eigenvalue weighted by atomic mass is 10.1. The van der Waals surface area contributed by atoms with Crippen LogP contribution in [0.1, 0.15) is 15.9 Å². The summed E-state index contributed by atoms with van der Waals surface area (Å²) in [6.45, 7) is 0.237. The van der Waals surface area contributed by atoms with Gasteiger partial charge in [-0.1, -0.05) is 12.0 Å². The van der Waals surface area contributed by atoms with Gasteiger partial charge in [-0.3, -0.25) is 9.59 Å². The normalized spacial score (nSPS) is 8.79. The molecule has 0 bridgehead atoms. The third-order valence-corrected chi connectivity index (χ3v) is 1.61. The lowest BCUT2D eigenvalue weighted by Crippen LogP contribution is -2.13. The summed E-state index contributed by atoms with van der Waals surface area (Å²) in [6, 6.07) is 4.48. The maximum Gasteiger partial charge on any atom is 0.298 e. The van der Waals surface area contributed by atoms with Crippen molar-refractivity contribution in [2.75, 3.05) is 0 Å². The minimum Gasteiger partial charge on any atom is -0.427 e. The summed E-state index contributed by atoms with van der Waals surface area (Å²) in [4.78, 5) is 21.0. The van der Waals surface area contributed by atoms with Crippen molar-refractivity contribution in [3.8, 4) is 18.1 Å². The summed E-state index contributed by atoms with van der Waals surface area (Å²) < 4.78 is 4.59. The van der Waals surface area contributed by atoms with Crippen LogP contribution in [0.4, 0.5) is 0 Å². The molecule has 0 radical (unpaired) electrons. The second-order valence-corrected chi connectivity index (χ2v) is 2.40. The molecule has 0 aliphatic rings. The molecule has 0 heterocycles. The Kier molecular flexibility index (Phi) is 2.87. The zero-order chi connectivity index (χ0) is 10.6. The van der Waals surface area contributed by atoms with Crippen molar-refractivity contribution < 1.29 is 14.3 Å². The zero-order valence-corrected chi connectivity index (χ0v) is 7.19. The minimum absolute atomic E-state index is 0.152. The van der Waals surface area contributed by atoms with Crippen LogP contribution in [0.2, 0.25) is 0 Å². The number of terminal acetylenes is 1. The molecule has 0 saturated heterocycles. The molecule has 14 heavy (non-hydrogen) atoms. The number of amides is 1. The fourth-order valence-corrected chi connectivity index (χ4v) is 1.04. The number of carbonyl (C=O) groups excluding carboxylic acids is 2. The van der Waals surface area contributed by atoms with E-state index in [0.717, 1.165) is 0 Å². The second kappa shape index (κ2) is 4.10. The number of hydrogen-bond acceptors (Lipinski definition) is 3. The Balaban J connectivity index is 3.33. The smallest absolute Gasteiger partial charge is 0.298 e. The second-order valence-electron chi connectivity index (χ2n) is 2.40. The highest BCUT2D eigenvalue weighted by molar-refractivity contribution is 5.96. The summed E-state index contributed by atoms with van der Waals surface area (Å²) in [5.41, 5.74) is 5.42. The van der Waals surface area contributed by atoms with Gasteiger partial charge in [-0.25, -0.2) is 0 Å². The topological polar surface area (TPSA) is 69.4 Å². The Morgan fingerprint density at radius 1 is 1.57 bits per heavy atom. The van der Waals surface area contributed by atoms with E-state index < -0.39 is 5.91 Å². The number of primary amides is 1. The van der Waals surface area contributed by atoms with Gasteiger partial charge in [0.1, 0.15) is 5.75 Å². The van der Waals surface area contributed by atoms with Crippen LogP contribution in [-0.2, 0) is 4.79 Å². The molecule has 1 aromatic carbocycles. The number of rotatable bonds is 3. The van der Waals surface area contributed by atoms with Gasteiger partial charge in [0.15, 0.2) is 0 Å². The summed E-state index contributed by atoms with van der Waals surface area (Å²) in [5, 5.41) is 0. The van der Waals surface area contributed by atoms with Crippen LogP contribution in [0.15, 0.2) is 18.2 Å². The fourth-order valence-electron chi connectivity index (χ4n) is 1.04. The van der Waals surface area contributed by atoms with E-state index in [1.165, 1.54) is 18.2 Å². The van der Waals surface area contributed by atoms with Crippen LogP contribution < -0.4 is 10.5 Å². The molecule has 0 aliphatic carbocycles. The summed E-state index contributed by atoms with van der Waals surface area (Å²) in [6.07, 6.45) is 5.17. The molecule has 4 heteroatoms. The summed E-state index contributed by atoms with van der Waals surface area (Å²) in [5.74, 6) is 1.74. The molecular formula is C10H7NO3. The highest BCUT2D eigenvalue weighted by Crippen LogP contribution is 2.20. The SMILES string of the molecule is C#Cc1c(OC=O)cccc1C(N)=O. The van der Waals surface area contributed by atoms with E-state index in [1.807, 2.05) is 0 Å². The number of hydrogen-bond donors (Lipinski definition) is 1. The first-order valence-corrected chi connectivity index (χ1v) is 3.70. The Morgan fingerprint density at radius 3 is 2.79 bits per heavy atom. The predicted octanol–water partition coefficient (Wildman–Crippen LogP) is 0.302. The van der Waals surface area contributed by atoms with E-state index in [4.69, 9.17) is 12.2 Å². The van der Waals surface area contributed by atoms with Crippen molar-refractivity contribution in [2.24, 2.45) is 5.73 Å². The van der Waals surface area contributed by atoms with Gasteiger partial charge >= 0.3 is 0 Å². The maximum absolute atomic E-state index is 10.9. The van der Waals surface area contributed by atoms with Gasteiger partial charge in [-0.05, 0) is 12.1 Å². The molecule has 0 fully saturated rings. The molecule has 1 aromatic rings. The molecule has 0 aromatic heterocycles. The van der Waals surface area contributed by atoms with Crippen LogP contribution in [0.5, 0.6) is 5.75 Å². The molecule has 0 spiro atoms. The van der Waals surface area contributed by atoms with Crippen molar-refractivity contribution in [3.63, 3.8) is 0 Å². The minimum atomic E-state index is -0.658. The van der Waals surface area contributed by atoms with Crippen molar-refractivity contribution >= 4 is 12.4 Å². The van der Waals surface area contributed by atoms with E-state index in [9.17, 15) is 9.59 Å². The van der Waals surface area contributed by atoms with Gasteiger partial charge in [-0.2, -0.15) is 0 Å². The van der Waals surface area contributed by atoms with E-state index in [1.54, 1.807) is 0 Å². The zero-order valence-electron chi connectivity index (χ0n) is 7.19. The van der Waals surface area contributed by atoms with Gasteiger partial charge in [0, 0.05) is 0 Å². The van der Waals surface area contributed by atoms with E-state index in [-0.39, 0.29) is 23.3 Å². The third kappa shape index (κ3) is 1.72. The molecule has 4 nitrogen and oxygen atoms in total. The molecule has 1 rings (SSSR count). The Hall–Kier alpha value is -2.28. The lowest BCUT2D eigenvalue weighted by molar-refractivity contribution is -0.120. The van der Waals surface area contributed by atoms with Gasteiger partial charge in [-0.15, -0.1) is 6.42 Å². The molecule has 70 valence electrons. The number of nitrogens with two attached hydrogens (primary N) is 1. The molecule has 2 N–H and O–H groups in total. The Labute approximate surface area is 80.7 Å². The maximum atomic E-state index is 10.9. The third-order valence-electron chi connectivity index (χ3n) is 1.61. The van der Waals surface area contributed by atoms with Gasteiger partial charge in [0.2, 0.25) is 5.91 Å². The first-order valence-electron chi connectivity index (χ1n) is 3.70. The van der Waals surface area contributed by atoms with E-state index in [2.05, 4.69) is 10.7 Å². The number of benzene rings is 1. The quantitative estimate of drug-likeness (QED) is 0.549. The molecule has 0 saturated carbocycles. The van der Waals surface area contributed by atoms with Gasteiger partial charge in [0.05, 0.1) is 11.1 Å². The molecular weight excluding hydrogens is 182 g/mol. The van der Waals surface area contributed by atoms with Crippen molar-refractivity contribution in [1.29, 1.82) is 0 Å². The predicted molar refractivity (Wildman–Crippen MR) is 49.6 cm³/mol. The Morgan fingerprint density at radius 2 is 2.29 bits per heavy atom. The fraction of sp³-hybridized carbons (Fsp3) is 0. The van der Waals surface area contributed by atoms with Crippen LogP contribution in [-0.4, -0.2) is 12.4 Å². The largest absolute Gasteiger partial charge is 0.427 e. The van der Waals surface area contributed by atoms with Crippen LogP contribution in [0.25, 0.3) is 0 Å². The van der Waals surface area contributed by atoms with Crippen molar-refractivity contribution in [1.82, 2.24) is 0 Å². The van der Waals surface area contributed by atoms with E-state index in [0.29, 0.717) is 0 Å². The molecule has 0 aliphatic heterocycles. The highest BCUT2D eigenvalue weighted by atomic mass is 16.5. The van der Waals surface area contributed by atoms with Crippen LogP contribution >= 0.6 is 0 Å². The first-order chi connectivity index (χ1) is 6.70. The molecule has 1 amide bonds. The van der Waals surface area contributed by atoms with Crippen molar-refractivity contribution in [3.05, 3.63) is 29.3 Å². The molecule has 0 unspecified atom stereocenters.